The number of rotatable bonds is 1. The molecule has 2 aromatic rings. The van der Waals surface area contributed by atoms with E-state index in [1.165, 1.54) is 10.6 Å². The number of para-hydroxylation sites is 1. The van der Waals surface area contributed by atoms with E-state index in [2.05, 4.69) is 33.5 Å². The number of thioether (sulfide) groups is 1. The van der Waals surface area contributed by atoms with E-state index < -0.39 is 0 Å². The second-order valence-corrected chi connectivity index (χ2v) is 4.73. The Morgan fingerprint density at radius 2 is 2.18 bits per heavy atom. The van der Waals surface area contributed by atoms with Crippen molar-refractivity contribution >= 4 is 23.5 Å². The van der Waals surface area contributed by atoms with Gasteiger partial charge in [-0.25, -0.2) is 0 Å². The number of nitrogens with zero attached hydrogens (tertiary/aromatic N) is 2. The minimum absolute atomic E-state index is 0.884. The van der Waals surface area contributed by atoms with Crippen LogP contribution in [-0.2, 0) is 0 Å². The third kappa shape index (κ3) is 2.31. The quantitative estimate of drug-likeness (QED) is 0.832. The minimum atomic E-state index is 0.884. The SMILES string of the molecule is C(=C1\CSc2ccccc2N1)/c1cnccn1. The van der Waals surface area contributed by atoms with Crippen molar-refractivity contribution in [3.8, 4) is 0 Å². The first kappa shape index (κ1) is 10.4. The van der Waals surface area contributed by atoms with Gasteiger partial charge < -0.3 is 5.32 Å². The first-order chi connectivity index (χ1) is 8.42. The van der Waals surface area contributed by atoms with Crippen LogP contribution in [0.1, 0.15) is 5.69 Å². The number of benzene rings is 1. The largest absolute Gasteiger partial charge is 0.357 e. The fraction of sp³-hybridized carbons (Fsp3) is 0.0769. The van der Waals surface area contributed by atoms with Gasteiger partial charge in [0.25, 0.3) is 0 Å². The van der Waals surface area contributed by atoms with Gasteiger partial charge in [-0.05, 0) is 18.2 Å². The molecule has 1 aliphatic heterocycles. The molecule has 3 nitrogen and oxygen atoms in total. The number of fused-ring (bicyclic) bond motifs is 1. The summed E-state index contributed by atoms with van der Waals surface area (Å²) in [4.78, 5) is 9.59. The second-order valence-electron chi connectivity index (χ2n) is 3.71. The molecule has 0 radical (unpaired) electrons. The van der Waals surface area contributed by atoms with Crippen LogP contribution in [0.15, 0.2) is 53.4 Å². The first-order valence-electron chi connectivity index (χ1n) is 5.37. The van der Waals surface area contributed by atoms with Crippen molar-refractivity contribution in [3.05, 3.63) is 54.2 Å². The van der Waals surface area contributed by atoms with Gasteiger partial charge in [-0.3, -0.25) is 9.97 Å². The summed E-state index contributed by atoms with van der Waals surface area (Å²) in [5, 5.41) is 3.42. The van der Waals surface area contributed by atoms with Crippen molar-refractivity contribution in [1.29, 1.82) is 0 Å². The summed E-state index contributed by atoms with van der Waals surface area (Å²) in [6, 6.07) is 8.32. The van der Waals surface area contributed by atoms with Crippen molar-refractivity contribution in [2.24, 2.45) is 0 Å². The Morgan fingerprint density at radius 1 is 1.24 bits per heavy atom. The molecule has 2 heterocycles. The van der Waals surface area contributed by atoms with Crippen LogP contribution in [0.3, 0.4) is 0 Å². The lowest BCUT2D eigenvalue weighted by molar-refractivity contribution is 1.17. The zero-order valence-electron chi connectivity index (χ0n) is 9.13. The van der Waals surface area contributed by atoms with E-state index in [0.29, 0.717) is 0 Å². The fourth-order valence-corrected chi connectivity index (χ4v) is 2.62. The maximum atomic E-state index is 4.24. The molecule has 84 valence electrons. The molecule has 17 heavy (non-hydrogen) atoms. The Kier molecular flexibility index (Phi) is 2.80. The molecular formula is C13H11N3S. The van der Waals surface area contributed by atoms with Gasteiger partial charge in [0.05, 0.1) is 17.6 Å². The highest BCUT2D eigenvalue weighted by atomic mass is 32.2. The molecule has 0 atom stereocenters. The lowest BCUT2D eigenvalue weighted by Gasteiger charge is -2.19. The third-order valence-corrected chi connectivity index (χ3v) is 3.59. The van der Waals surface area contributed by atoms with E-state index in [4.69, 9.17) is 0 Å². The van der Waals surface area contributed by atoms with Gasteiger partial charge in [0.1, 0.15) is 0 Å². The molecule has 1 aromatic heterocycles. The molecular weight excluding hydrogens is 230 g/mol. The molecule has 1 aromatic carbocycles. The van der Waals surface area contributed by atoms with Crippen LogP contribution in [0.4, 0.5) is 5.69 Å². The predicted octanol–water partition coefficient (Wildman–Crippen LogP) is 3.04. The van der Waals surface area contributed by atoms with E-state index in [0.717, 1.165) is 17.1 Å². The highest BCUT2D eigenvalue weighted by Gasteiger charge is 2.11. The van der Waals surface area contributed by atoms with Crippen molar-refractivity contribution in [1.82, 2.24) is 9.97 Å². The lowest BCUT2D eigenvalue weighted by atomic mass is 10.3. The highest BCUT2D eigenvalue weighted by molar-refractivity contribution is 7.99. The summed E-state index contributed by atoms with van der Waals surface area (Å²) in [6.07, 6.45) is 7.19. The maximum absolute atomic E-state index is 4.24. The number of hydrogen-bond acceptors (Lipinski definition) is 4. The molecule has 0 saturated heterocycles. The molecule has 4 heteroatoms. The van der Waals surface area contributed by atoms with Gasteiger partial charge in [-0.2, -0.15) is 0 Å². The van der Waals surface area contributed by atoms with Crippen molar-refractivity contribution < 1.29 is 0 Å². The molecule has 0 amide bonds. The number of anilines is 1. The van der Waals surface area contributed by atoms with Crippen LogP contribution in [0.25, 0.3) is 6.08 Å². The van der Waals surface area contributed by atoms with Crippen LogP contribution < -0.4 is 5.32 Å². The molecule has 0 bridgehead atoms. The zero-order chi connectivity index (χ0) is 11.5. The lowest BCUT2D eigenvalue weighted by Crippen LogP contribution is -2.08. The number of hydrogen-bond donors (Lipinski definition) is 1. The van der Waals surface area contributed by atoms with Crippen molar-refractivity contribution in [3.63, 3.8) is 0 Å². The van der Waals surface area contributed by atoms with Gasteiger partial charge in [0, 0.05) is 28.7 Å². The molecule has 1 N–H and O–H groups in total. The molecule has 1 aliphatic rings. The minimum Gasteiger partial charge on any atom is -0.357 e. The Labute approximate surface area is 104 Å². The van der Waals surface area contributed by atoms with E-state index in [1.807, 2.05) is 23.9 Å². The Morgan fingerprint density at radius 3 is 3.06 bits per heavy atom. The summed E-state index contributed by atoms with van der Waals surface area (Å²) in [6.45, 7) is 0. The van der Waals surface area contributed by atoms with Gasteiger partial charge in [-0.15, -0.1) is 11.8 Å². The summed E-state index contributed by atoms with van der Waals surface area (Å²) < 4.78 is 0. The number of nitrogens with one attached hydrogen (secondary N) is 1. The molecule has 3 rings (SSSR count). The summed E-state index contributed by atoms with van der Waals surface area (Å²) in [5.41, 5.74) is 3.21. The van der Waals surface area contributed by atoms with Crippen LogP contribution >= 0.6 is 11.8 Å². The van der Waals surface area contributed by atoms with E-state index >= 15 is 0 Å². The van der Waals surface area contributed by atoms with Gasteiger partial charge in [0.2, 0.25) is 0 Å². The predicted molar refractivity (Wildman–Crippen MR) is 70.8 cm³/mol. The Balaban J connectivity index is 1.87. The Hall–Kier alpha value is -1.81. The van der Waals surface area contributed by atoms with E-state index in [-0.39, 0.29) is 0 Å². The van der Waals surface area contributed by atoms with Crippen LogP contribution in [0, 0.1) is 0 Å². The topological polar surface area (TPSA) is 37.8 Å². The fourth-order valence-electron chi connectivity index (χ4n) is 1.70. The first-order valence-corrected chi connectivity index (χ1v) is 6.36. The Bertz CT molecular complexity index is 552. The van der Waals surface area contributed by atoms with Gasteiger partial charge in [-0.1, -0.05) is 12.1 Å². The van der Waals surface area contributed by atoms with Gasteiger partial charge in [0.15, 0.2) is 0 Å². The number of aromatic nitrogens is 2. The second kappa shape index (κ2) is 4.59. The molecule has 0 unspecified atom stereocenters. The standard InChI is InChI=1S/C13H11N3S/c1-2-4-13-12(3-1)16-11(9-17-13)7-10-8-14-5-6-15-10/h1-8,16H,9H2/b11-7-. The van der Waals surface area contributed by atoms with Crippen LogP contribution in [-0.4, -0.2) is 15.7 Å². The summed E-state index contributed by atoms with van der Waals surface area (Å²) in [5.74, 6) is 0.938. The highest BCUT2D eigenvalue weighted by Crippen LogP contribution is 2.34. The van der Waals surface area contributed by atoms with E-state index in [1.54, 1.807) is 18.6 Å². The molecule has 0 fully saturated rings. The zero-order valence-corrected chi connectivity index (χ0v) is 9.95. The molecule has 0 aliphatic carbocycles. The van der Waals surface area contributed by atoms with Crippen LogP contribution in [0.5, 0.6) is 0 Å². The molecule has 0 saturated carbocycles. The van der Waals surface area contributed by atoms with Crippen LogP contribution in [0.2, 0.25) is 0 Å². The normalized spacial score (nSPS) is 16.4. The average Bonchev–Trinajstić information content (AvgIpc) is 2.40. The van der Waals surface area contributed by atoms with Gasteiger partial charge >= 0.3 is 0 Å². The third-order valence-electron chi connectivity index (χ3n) is 2.47. The molecule has 0 spiro atoms. The van der Waals surface area contributed by atoms with E-state index in [9.17, 15) is 0 Å². The van der Waals surface area contributed by atoms with Crippen molar-refractivity contribution in [2.75, 3.05) is 11.1 Å². The monoisotopic (exact) mass is 241 g/mol. The summed E-state index contributed by atoms with van der Waals surface area (Å²) in [7, 11) is 0. The maximum Gasteiger partial charge on any atom is 0.0830 e. The summed E-state index contributed by atoms with van der Waals surface area (Å²) >= 11 is 1.84. The average molecular weight is 241 g/mol. The van der Waals surface area contributed by atoms with Crippen molar-refractivity contribution in [2.45, 2.75) is 4.90 Å². The smallest absolute Gasteiger partial charge is 0.0830 e.